The van der Waals surface area contributed by atoms with Gasteiger partial charge in [-0.2, -0.15) is 0 Å². The SMILES string of the molecule is CCOC(=O)C1=C(C)N=c2s/c(=C/c3cccc(OC)c3OCc3ccccc3F)c(=O)n2[C@@H]1c1ccc(OCC(=O)OC)c(OCC)c1. The van der Waals surface area contributed by atoms with Crippen LogP contribution in [-0.4, -0.2) is 50.5 Å². The van der Waals surface area contributed by atoms with Crippen LogP contribution in [0, 0.1) is 5.82 Å². The number of allylic oxidation sites excluding steroid dienone is 1. The number of carbonyl (C=O) groups excluding carboxylic acids is 2. The number of hydrogen-bond donors (Lipinski definition) is 0. The molecule has 3 aromatic carbocycles. The molecular formula is C36H35FN2O9S. The highest BCUT2D eigenvalue weighted by Gasteiger charge is 2.34. The van der Waals surface area contributed by atoms with Crippen molar-refractivity contribution in [2.45, 2.75) is 33.4 Å². The van der Waals surface area contributed by atoms with Crippen LogP contribution in [0.1, 0.15) is 43.5 Å². The van der Waals surface area contributed by atoms with Crippen molar-refractivity contribution in [2.24, 2.45) is 4.99 Å². The maximum Gasteiger partial charge on any atom is 0.343 e. The molecule has 1 aliphatic rings. The van der Waals surface area contributed by atoms with E-state index in [1.165, 1.54) is 24.9 Å². The average molecular weight is 691 g/mol. The molecule has 13 heteroatoms. The summed E-state index contributed by atoms with van der Waals surface area (Å²) in [7, 11) is 2.75. The number of aromatic nitrogens is 1. The highest BCUT2D eigenvalue weighted by atomic mass is 32.1. The van der Waals surface area contributed by atoms with Crippen LogP contribution in [0.5, 0.6) is 23.0 Å². The Morgan fingerprint density at radius 1 is 0.959 bits per heavy atom. The molecule has 0 fully saturated rings. The second-order valence-corrected chi connectivity index (χ2v) is 11.6. The minimum Gasteiger partial charge on any atom is -0.493 e. The molecule has 0 amide bonds. The van der Waals surface area contributed by atoms with Crippen molar-refractivity contribution in [3.05, 3.63) is 114 Å². The Bertz CT molecular complexity index is 2090. The van der Waals surface area contributed by atoms with E-state index in [-0.39, 0.29) is 37.8 Å². The van der Waals surface area contributed by atoms with Crippen molar-refractivity contribution in [2.75, 3.05) is 34.0 Å². The minimum atomic E-state index is -0.937. The minimum absolute atomic E-state index is 0.0707. The lowest BCUT2D eigenvalue weighted by atomic mass is 9.95. The monoisotopic (exact) mass is 690 g/mol. The number of carbonyl (C=O) groups is 2. The van der Waals surface area contributed by atoms with E-state index in [0.29, 0.717) is 49.0 Å². The number of nitrogens with zero attached hydrogens (tertiary/aromatic N) is 2. The van der Waals surface area contributed by atoms with Crippen molar-refractivity contribution in [1.82, 2.24) is 4.57 Å². The summed E-state index contributed by atoms with van der Waals surface area (Å²) in [5.41, 5.74) is 1.54. The second kappa shape index (κ2) is 15.6. The lowest BCUT2D eigenvalue weighted by Crippen LogP contribution is -2.40. The topological polar surface area (TPSA) is 124 Å². The Balaban J connectivity index is 1.64. The summed E-state index contributed by atoms with van der Waals surface area (Å²) in [5.74, 6) is -0.297. The largest absolute Gasteiger partial charge is 0.493 e. The molecule has 0 aliphatic carbocycles. The smallest absolute Gasteiger partial charge is 0.343 e. The molecule has 0 saturated heterocycles. The van der Waals surface area contributed by atoms with E-state index >= 15 is 0 Å². The number of esters is 2. The van der Waals surface area contributed by atoms with Crippen molar-refractivity contribution >= 4 is 29.4 Å². The Morgan fingerprint density at radius 2 is 1.76 bits per heavy atom. The van der Waals surface area contributed by atoms with E-state index < -0.39 is 29.4 Å². The van der Waals surface area contributed by atoms with Crippen LogP contribution in [0.2, 0.25) is 0 Å². The van der Waals surface area contributed by atoms with Crippen molar-refractivity contribution < 1.29 is 42.4 Å². The van der Waals surface area contributed by atoms with Crippen molar-refractivity contribution in [3.8, 4) is 23.0 Å². The van der Waals surface area contributed by atoms with Crippen LogP contribution in [0.15, 0.2) is 81.7 Å². The van der Waals surface area contributed by atoms with Crippen LogP contribution in [0.3, 0.4) is 0 Å². The third-order valence-electron chi connectivity index (χ3n) is 7.52. The molecule has 0 bridgehead atoms. The number of ether oxygens (including phenoxy) is 6. The fourth-order valence-electron chi connectivity index (χ4n) is 5.25. The van der Waals surface area contributed by atoms with Gasteiger partial charge in [-0.15, -0.1) is 0 Å². The molecule has 2 heterocycles. The van der Waals surface area contributed by atoms with Gasteiger partial charge in [0.15, 0.2) is 34.4 Å². The number of halogens is 1. The van der Waals surface area contributed by atoms with E-state index in [1.54, 1.807) is 81.4 Å². The van der Waals surface area contributed by atoms with Gasteiger partial charge in [-0.1, -0.05) is 47.7 Å². The molecule has 11 nitrogen and oxygen atoms in total. The molecule has 1 aromatic heterocycles. The Hall–Kier alpha value is -5.43. The second-order valence-electron chi connectivity index (χ2n) is 10.6. The van der Waals surface area contributed by atoms with Gasteiger partial charge in [0.05, 0.1) is 49.3 Å². The normalized spacial score (nSPS) is 14.1. The van der Waals surface area contributed by atoms with Gasteiger partial charge in [0.2, 0.25) is 0 Å². The van der Waals surface area contributed by atoms with Gasteiger partial charge < -0.3 is 28.4 Å². The lowest BCUT2D eigenvalue weighted by molar-refractivity contribution is -0.143. The number of thiazole rings is 1. The standard InChI is InChI=1S/C36H35FN2O9S/c1-6-45-28-17-22(15-16-26(28)47-20-30(40)44-5)32-31(35(42)46-7-2)21(3)38-36-39(32)34(41)29(49-36)18-23-12-10-14-27(43-4)33(23)48-19-24-11-8-9-13-25(24)37/h8-18,32H,6-7,19-20H2,1-5H3/b29-18+/t32-/m1/s1. The molecule has 256 valence electrons. The van der Waals surface area contributed by atoms with E-state index in [9.17, 15) is 18.8 Å². The summed E-state index contributed by atoms with van der Waals surface area (Å²) < 4.78 is 49.3. The molecule has 4 aromatic rings. The summed E-state index contributed by atoms with van der Waals surface area (Å²) in [5, 5.41) is 0. The van der Waals surface area contributed by atoms with Crippen LogP contribution in [0.25, 0.3) is 6.08 Å². The van der Waals surface area contributed by atoms with Crippen LogP contribution in [-0.2, 0) is 25.7 Å². The molecule has 0 N–H and O–H groups in total. The Morgan fingerprint density at radius 3 is 2.47 bits per heavy atom. The Labute approximate surface area is 285 Å². The molecule has 1 aliphatic heterocycles. The summed E-state index contributed by atoms with van der Waals surface area (Å²) >= 11 is 1.13. The average Bonchev–Trinajstić information content (AvgIpc) is 3.40. The zero-order valence-corrected chi connectivity index (χ0v) is 28.4. The molecule has 49 heavy (non-hydrogen) atoms. The summed E-state index contributed by atoms with van der Waals surface area (Å²) in [6, 6.07) is 15.5. The first-order valence-electron chi connectivity index (χ1n) is 15.4. The van der Waals surface area contributed by atoms with Gasteiger partial charge >= 0.3 is 11.9 Å². The first kappa shape index (κ1) is 34.9. The fraction of sp³-hybridized carbons (Fsp3) is 0.278. The fourth-order valence-corrected chi connectivity index (χ4v) is 6.29. The number of hydrogen-bond acceptors (Lipinski definition) is 11. The molecule has 0 saturated carbocycles. The summed E-state index contributed by atoms with van der Waals surface area (Å²) in [6.07, 6.45) is 1.65. The first-order valence-corrected chi connectivity index (χ1v) is 16.2. The van der Waals surface area contributed by atoms with Crippen LogP contribution < -0.4 is 33.8 Å². The Kier molecular flexibility index (Phi) is 11.1. The number of rotatable bonds is 13. The predicted octanol–water partition coefficient (Wildman–Crippen LogP) is 4.48. The highest BCUT2D eigenvalue weighted by molar-refractivity contribution is 7.07. The molecule has 0 spiro atoms. The highest BCUT2D eigenvalue weighted by Crippen LogP contribution is 2.37. The van der Waals surface area contributed by atoms with E-state index in [4.69, 9.17) is 23.7 Å². The van der Waals surface area contributed by atoms with Gasteiger partial charge in [0, 0.05) is 11.1 Å². The van der Waals surface area contributed by atoms with Crippen molar-refractivity contribution in [1.29, 1.82) is 0 Å². The molecule has 0 radical (unpaired) electrons. The maximum absolute atomic E-state index is 14.4. The zero-order valence-electron chi connectivity index (χ0n) is 27.6. The van der Waals surface area contributed by atoms with E-state index in [2.05, 4.69) is 9.73 Å². The van der Waals surface area contributed by atoms with Gasteiger partial charge in [0.25, 0.3) is 5.56 Å². The molecule has 1 atom stereocenters. The summed E-state index contributed by atoms with van der Waals surface area (Å²) in [4.78, 5) is 44.4. The van der Waals surface area contributed by atoms with Crippen LogP contribution in [0.4, 0.5) is 4.39 Å². The molecular weight excluding hydrogens is 655 g/mol. The van der Waals surface area contributed by atoms with Gasteiger partial charge in [-0.05, 0) is 56.7 Å². The number of benzene rings is 3. The number of fused-ring (bicyclic) bond motifs is 1. The van der Waals surface area contributed by atoms with Crippen molar-refractivity contribution in [3.63, 3.8) is 0 Å². The maximum atomic E-state index is 14.4. The predicted molar refractivity (Wildman–Crippen MR) is 179 cm³/mol. The van der Waals surface area contributed by atoms with Crippen LogP contribution >= 0.6 is 11.3 Å². The quantitative estimate of drug-likeness (QED) is 0.187. The molecule has 0 unspecified atom stereocenters. The van der Waals surface area contributed by atoms with Gasteiger partial charge in [-0.3, -0.25) is 9.36 Å². The lowest BCUT2D eigenvalue weighted by Gasteiger charge is -2.25. The third-order valence-corrected chi connectivity index (χ3v) is 8.50. The van der Waals surface area contributed by atoms with E-state index in [1.807, 2.05) is 0 Å². The third kappa shape index (κ3) is 7.51. The number of para-hydroxylation sites is 1. The first-order chi connectivity index (χ1) is 23.7. The molecule has 5 rings (SSSR count). The van der Waals surface area contributed by atoms with Gasteiger partial charge in [0.1, 0.15) is 12.4 Å². The van der Waals surface area contributed by atoms with Gasteiger partial charge in [-0.25, -0.2) is 19.0 Å². The summed E-state index contributed by atoms with van der Waals surface area (Å²) in [6.45, 7) is 5.16. The zero-order chi connectivity index (χ0) is 35.1. The number of methoxy groups -OCH3 is 2. The van der Waals surface area contributed by atoms with E-state index in [0.717, 1.165) is 11.3 Å².